The minimum atomic E-state index is -0.287. The summed E-state index contributed by atoms with van der Waals surface area (Å²) < 4.78 is 5.31. The number of rotatable bonds is 5. The predicted octanol–water partition coefficient (Wildman–Crippen LogP) is 0.648. The Kier molecular flexibility index (Phi) is 9.27. The van der Waals surface area contributed by atoms with Crippen LogP contribution in [0.2, 0.25) is 0 Å². The van der Waals surface area contributed by atoms with Crippen LogP contribution in [-0.2, 0) is 4.74 Å². The van der Waals surface area contributed by atoms with E-state index in [1.54, 1.807) is 7.11 Å². The van der Waals surface area contributed by atoms with Gasteiger partial charge in [-0.15, -0.1) is 24.8 Å². The average Bonchev–Trinajstić information content (AvgIpc) is 2.47. The number of aromatic nitrogens is 2. The van der Waals surface area contributed by atoms with Crippen LogP contribution in [0.4, 0.5) is 5.82 Å². The van der Waals surface area contributed by atoms with Crippen molar-refractivity contribution < 1.29 is 9.53 Å². The second-order valence-electron chi connectivity index (χ2n) is 5.16. The fraction of sp³-hybridized carbons (Fsp3) is 0.615. The zero-order valence-electron chi connectivity index (χ0n) is 12.5. The van der Waals surface area contributed by atoms with Gasteiger partial charge in [-0.25, -0.2) is 9.97 Å². The van der Waals surface area contributed by atoms with Crippen molar-refractivity contribution in [3.05, 3.63) is 18.1 Å². The molecule has 0 atom stereocenters. The van der Waals surface area contributed by atoms with E-state index >= 15 is 0 Å². The molecule has 1 aromatic heterocycles. The van der Waals surface area contributed by atoms with Crippen molar-refractivity contribution in [1.29, 1.82) is 0 Å². The Morgan fingerprint density at radius 2 is 2.00 bits per heavy atom. The average molecular weight is 352 g/mol. The Bertz CT molecular complexity index is 464. The molecule has 2 heterocycles. The molecule has 1 aliphatic heterocycles. The van der Waals surface area contributed by atoms with Crippen LogP contribution in [0.3, 0.4) is 0 Å². The second kappa shape index (κ2) is 9.78. The number of anilines is 1. The number of carbonyl (C=O) groups excluding carboxylic acids is 1. The number of amides is 1. The quantitative estimate of drug-likeness (QED) is 0.719. The van der Waals surface area contributed by atoms with E-state index in [9.17, 15) is 4.79 Å². The van der Waals surface area contributed by atoms with Gasteiger partial charge in [0.2, 0.25) is 0 Å². The molecule has 0 aromatic carbocycles. The van der Waals surface area contributed by atoms with Gasteiger partial charge < -0.3 is 21.1 Å². The summed E-state index contributed by atoms with van der Waals surface area (Å²) in [5.74, 6) is -0.138. The smallest absolute Gasteiger partial charge is 0.273 e. The van der Waals surface area contributed by atoms with Crippen LogP contribution in [0.1, 0.15) is 23.3 Å². The van der Waals surface area contributed by atoms with Gasteiger partial charge in [0.05, 0.1) is 6.61 Å². The highest BCUT2D eigenvalue weighted by Crippen LogP contribution is 2.28. The Balaban J connectivity index is 0.00000220. The summed E-state index contributed by atoms with van der Waals surface area (Å²) in [6.45, 7) is 3.06. The molecule has 0 aliphatic carbocycles. The lowest BCUT2D eigenvalue weighted by atomic mass is 9.79. The van der Waals surface area contributed by atoms with Crippen LogP contribution in [0.25, 0.3) is 0 Å². The number of ether oxygens (including phenoxy) is 1. The van der Waals surface area contributed by atoms with Crippen molar-refractivity contribution in [2.75, 3.05) is 39.1 Å². The van der Waals surface area contributed by atoms with Gasteiger partial charge in [0, 0.05) is 31.5 Å². The maximum absolute atomic E-state index is 12.1. The highest BCUT2D eigenvalue weighted by Gasteiger charge is 2.32. The molecule has 2 rings (SSSR count). The van der Waals surface area contributed by atoms with Gasteiger partial charge in [-0.2, -0.15) is 0 Å². The molecule has 0 saturated carbocycles. The molecular weight excluding hydrogens is 329 g/mol. The summed E-state index contributed by atoms with van der Waals surface area (Å²) >= 11 is 0. The largest absolute Gasteiger partial charge is 0.384 e. The van der Waals surface area contributed by atoms with Crippen molar-refractivity contribution in [3.8, 4) is 0 Å². The van der Waals surface area contributed by atoms with Gasteiger partial charge >= 0.3 is 0 Å². The van der Waals surface area contributed by atoms with Gasteiger partial charge in [0.15, 0.2) is 11.5 Å². The number of piperidine rings is 1. The summed E-state index contributed by atoms with van der Waals surface area (Å²) in [4.78, 5) is 19.9. The monoisotopic (exact) mass is 351 g/mol. The van der Waals surface area contributed by atoms with E-state index in [0.29, 0.717) is 13.2 Å². The van der Waals surface area contributed by atoms with Crippen molar-refractivity contribution in [1.82, 2.24) is 20.6 Å². The fourth-order valence-corrected chi connectivity index (χ4v) is 2.51. The van der Waals surface area contributed by atoms with E-state index < -0.39 is 0 Å². The molecule has 22 heavy (non-hydrogen) atoms. The maximum atomic E-state index is 12.1. The maximum Gasteiger partial charge on any atom is 0.273 e. The van der Waals surface area contributed by atoms with Crippen LogP contribution in [-0.4, -0.2) is 49.2 Å². The van der Waals surface area contributed by atoms with Crippen LogP contribution in [0, 0.1) is 5.41 Å². The van der Waals surface area contributed by atoms with Gasteiger partial charge in [-0.3, -0.25) is 4.79 Å². The minimum Gasteiger partial charge on any atom is -0.384 e. The molecule has 1 fully saturated rings. The molecule has 1 aliphatic rings. The van der Waals surface area contributed by atoms with E-state index in [2.05, 4.69) is 20.6 Å². The second-order valence-corrected chi connectivity index (χ2v) is 5.16. The lowest BCUT2D eigenvalue weighted by Gasteiger charge is -2.37. The highest BCUT2D eigenvalue weighted by atomic mass is 35.5. The number of hydrogen-bond acceptors (Lipinski definition) is 6. The Hall–Kier alpha value is -1.15. The summed E-state index contributed by atoms with van der Waals surface area (Å²) in [6, 6.07) is 0. The minimum absolute atomic E-state index is 0. The van der Waals surface area contributed by atoms with Crippen LogP contribution in [0.5, 0.6) is 0 Å². The fourth-order valence-electron chi connectivity index (χ4n) is 2.51. The standard InChI is InChI=1S/C13H21N5O2.2ClH/c1-20-9-13(2-4-15-5-3-13)8-18-12(19)10-11(14)17-7-6-16-10;;/h6-7,15H,2-5,8-9H2,1H3,(H2,14,17)(H,18,19);2*1H. The molecule has 1 saturated heterocycles. The van der Waals surface area contributed by atoms with E-state index in [1.807, 2.05) is 0 Å². The molecule has 7 nitrogen and oxygen atoms in total. The topological polar surface area (TPSA) is 102 Å². The summed E-state index contributed by atoms with van der Waals surface area (Å²) in [5.41, 5.74) is 5.81. The van der Waals surface area contributed by atoms with Crippen molar-refractivity contribution in [2.45, 2.75) is 12.8 Å². The molecule has 0 unspecified atom stereocenters. The number of halogens is 2. The van der Waals surface area contributed by atoms with Gasteiger partial charge in [0.1, 0.15) is 0 Å². The van der Waals surface area contributed by atoms with E-state index in [0.717, 1.165) is 25.9 Å². The number of hydrogen-bond donors (Lipinski definition) is 3. The third kappa shape index (κ3) is 5.24. The number of nitrogens with one attached hydrogen (secondary N) is 2. The van der Waals surface area contributed by atoms with Crippen LogP contribution >= 0.6 is 24.8 Å². The SMILES string of the molecule is COCC1(CNC(=O)c2nccnc2N)CCNCC1.Cl.Cl. The Labute approximate surface area is 142 Å². The lowest BCUT2D eigenvalue weighted by Crippen LogP contribution is -2.47. The Morgan fingerprint density at radius 3 is 2.59 bits per heavy atom. The molecule has 126 valence electrons. The van der Waals surface area contributed by atoms with Gasteiger partial charge in [-0.1, -0.05) is 0 Å². The number of nitrogens with two attached hydrogens (primary N) is 1. The van der Waals surface area contributed by atoms with Crippen LogP contribution in [0.15, 0.2) is 12.4 Å². The predicted molar refractivity (Wildman–Crippen MR) is 89.7 cm³/mol. The summed E-state index contributed by atoms with van der Waals surface area (Å²) in [5, 5.41) is 6.22. The van der Waals surface area contributed by atoms with E-state index in [-0.39, 0.29) is 47.6 Å². The summed E-state index contributed by atoms with van der Waals surface area (Å²) in [7, 11) is 1.69. The van der Waals surface area contributed by atoms with E-state index in [4.69, 9.17) is 10.5 Å². The Morgan fingerprint density at radius 1 is 1.36 bits per heavy atom. The van der Waals surface area contributed by atoms with Gasteiger partial charge in [0.25, 0.3) is 5.91 Å². The first-order valence-electron chi connectivity index (χ1n) is 6.71. The first-order chi connectivity index (χ1) is 9.67. The molecule has 1 aromatic rings. The van der Waals surface area contributed by atoms with Crippen LogP contribution < -0.4 is 16.4 Å². The molecule has 9 heteroatoms. The highest BCUT2D eigenvalue weighted by molar-refractivity contribution is 5.96. The zero-order chi connectivity index (χ0) is 14.4. The molecule has 1 amide bonds. The molecule has 0 bridgehead atoms. The number of nitrogens with zero attached hydrogens (tertiary/aromatic N) is 2. The van der Waals surface area contributed by atoms with Crippen molar-refractivity contribution in [3.63, 3.8) is 0 Å². The molecular formula is C13H23Cl2N5O2. The third-order valence-electron chi connectivity index (χ3n) is 3.68. The van der Waals surface area contributed by atoms with Crippen molar-refractivity contribution in [2.24, 2.45) is 5.41 Å². The summed E-state index contributed by atoms with van der Waals surface area (Å²) in [6.07, 6.45) is 4.86. The number of nitrogen functional groups attached to an aromatic ring is 1. The molecule has 0 spiro atoms. The first kappa shape index (κ1) is 20.9. The van der Waals surface area contributed by atoms with Gasteiger partial charge in [-0.05, 0) is 25.9 Å². The van der Waals surface area contributed by atoms with Crippen molar-refractivity contribution >= 4 is 36.5 Å². The first-order valence-corrected chi connectivity index (χ1v) is 6.71. The number of methoxy groups -OCH3 is 1. The molecule has 0 radical (unpaired) electrons. The third-order valence-corrected chi connectivity index (χ3v) is 3.68. The van der Waals surface area contributed by atoms with E-state index in [1.165, 1.54) is 12.4 Å². The normalized spacial score (nSPS) is 16.0. The number of carbonyl (C=O) groups is 1. The lowest BCUT2D eigenvalue weighted by molar-refractivity contribution is 0.0511. The zero-order valence-corrected chi connectivity index (χ0v) is 14.1. The molecule has 4 N–H and O–H groups in total.